The van der Waals surface area contributed by atoms with Crippen molar-refractivity contribution in [2.75, 3.05) is 19.7 Å². The van der Waals surface area contributed by atoms with E-state index >= 15 is 0 Å². The lowest BCUT2D eigenvalue weighted by Crippen LogP contribution is -2.49. The standard InChI is InChI=1S/C36H43N5O5/c1-24-31(40-35(44)39-24)18-6-3-7-19-33(42)37-20-21-38-34(43)32(22-25-12-4-2-5-13-25)41-36(45)46-23-30-28-16-10-8-14-26(28)27-15-9-11-17-29(27)30/h2,4-5,8-17,24,30-32H,3,6-7,18-23H2,1H3,(H,37,42)(H,38,43)(H,41,45)(H2,39,40,44)/t24-,31+,32+/m1/s1. The zero-order valence-corrected chi connectivity index (χ0v) is 26.2. The molecular formula is C36H43N5O5. The van der Waals surface area contributed by atoms with E-state index < -0.39 is 12.1 Å². The number of unbranched alkanes of at least 4 members (excludes halogenated alkanes) is 2. The van der Waals surface area contributed by atoms with Crippen LogP contribution in [-0.4, -0.2) is 61.8 Å². The summed E-state index contributed by atoms with van der Waals surface area (Å²) in [4.78, 5) is 49.9. The molecule has 0 saturated carbocycles. The molecule has 0 aromatic heterocycles. The summed E-state index contributed by atoms with van der Waals surface area (Å²) in [7, 11) is 0. The van der Waals surface area contributed by atoms with Crippen molar-refractivity contribution in [3.63, 3.8) is 0 Å². The average Bonchev–Trinajstić information content (AvgIpc) is 3.56. The van der Waals surface area contributed by atoms with Gasteiger partial charge in [0.25, 0.3) is 0 Å². The number of rotatable bonds is 15. The monoisotopic (exact) mass is 625 g/mol. The summed E-state index contributed by atoms with van der Waals surface area (Å²) in [6.07, 6.45) is 3.49. The van der Waals surface area contributed by atoms with Crippen LogP contribution < -0.4 is 26.6 Å². The highest BCUT2D eigenvalue weighted by Crippen LogP contribution is 2.44. The highest BCUT2D eigenvalue weighted by molar-refractivity contribution is 5.86. The summed E-state index contributed by atoms with van der Waals surface area (Å²) in [5, 5.41) is 14.2. The number of amides is 5. The molecule has 10 nitrogen and oxygen atoms in total. The van der Waals surface area contributed by atoms with Crippen molar-refractivity contribution in [2.24, 2.45) is 0 Å². The highest BCUT2D eigenvalue weighted by Gasteiger charge is 2.30. The van der Waals surface area contributed by atoms with E-state index in [1.54, 1.807) is 0 Å². The van der Waals surface area contributed by atoms with Crippen molar-refractivity contribution in [1.29, 1.82) is 0 Å². The molecule has 1 aliphatic heterocycles. The Hall–Kier alpha value is -4.86. The molecule has 46 heavy (non-hydrogen) atoms. The lowest BCUT2D eigenvalue weighted by atomic mass is 9.98. The molecule has 1 heterocycles. The van der Waals surface area contributed by atoms with Gasteiger partial charge in [0.2, 0.25) is 11.8 Å². The Morgan fingerprint density at radius 3 is 2.13 bits per heavy atom. The number of fused-ring (bicyclic) bond motifs is 3. The molecule has 1 fully saturated rings. The van der Waals surface area contributed by atoms with Gasteiger partial charge in [0.1, 0.15) is 12.6 Å². The largest absolute Gasteiger partial charge is 0.449 e. The molecule has 10 heteroatoms. The van der Waals surface area contributed by atoms with E-state index in [4.69, 9.17) is 4.74 Å². The second kappa shape index (κ2) is 15.9. The molecule has 0 unspecified atom stereocenters. The van der Waals surface area contributed by atoms with Crippen LogP contribution in [0, 0.1) is 0 Å². The van der Waals surface area contributed by atoms with E-state index in [0.29, 0.717) is 12.8 Å². The fourth-order valence-corrected chi connectivity index (χ4v) is 6.23. The van der Waals surface area contributed by atoms with Crippen LogP contribution in [0.25, 0.3) is 11.1 Å². The van der Waals surface area contributed by atoms with Crippen molar-refractivity contribution in [2.45, 2.75) is 69.5 Å². The zero-order chi connectivity index (χ0) is 32.3. The molecule has 3 aromatic carbocycles. The van der Waals surface area contributed by atoms with Crippen LogP contribution in [0.1, 0.15) is 61.6 Å². The first kappa shape index (κ1) is 32.5. The molecule has 3 atom stereocenters. The molecule has 1 saturated heterocycles. The Morgan fingerprint density at radius 2 is 1.46 bits per heavy atom. The number of benzene rings is 3. The Labute approximate surface area is 270 Å². The van der Waals surface area contributed by atoms with Crippen molar-refractivity contribution in [3.8, 4) is 11.1 Å². The highest BCUT2D eigenvalue weighted by atomic mass is 16.5. The van der Waals surface area contributed by atoms with Gasteiger partial charge in [0.05, 0.1) is 6.04 Å². The van der Waals surface area contributed by atoms with Gasteiger partial charge in [-0.15, -0.1) is 0 Å². The molecule has 3 aromatic rings. The molecular weight excluding hydrogens is 582 g/mol. The minimum atomic E-state index is -0.851. The predicted molar refractivity (Wildman–Crippen MR) is 176 cm³/mol. The van der Waals surface area contributed by atoms with Crippen molar-refractivity contribution in [1.82, 2.24) is 26.6 Å². The third-order valence-corrected chi connectivity index (χ3v) is 8.68. The van der Waals surface area contributed by atoms with Crippen LogP contribution >= 0.6 is 0 Å². The summed E-state index contributed by atoms with van der Waals surface area (Å²) in [6, 6.07) is 25.0. The first-order chi connectivity index (χ1) is 22.4. The quantitative estimate of drug-likeness (QED) is 0.160. The van der Waals surface area contributed by atoms with Crippen LogP contribution in [0.4, 0.5) is 9.59 Å². The van der Waals surface area contributed by atoms with E-state index in [1.807, 2.05) is 61.5 Å². The number of hydrogen-bond acceptors (Lipinski definition) is 5. The van der Waals surface area contributed by atoms with Crippen LogP contribution in [-0.2, 0) is 20.7 Å². The molecule has 0 radical (unpaired) electrons. The number of nitrogens with one attached hydrogen (secondary N) is 5. The fourth-order valence-electron chi connectivity index (χ4n) is 6.23. The topological polar surface area (TPSA) is 138 Å². The maximum Gasteiger partial charge on any atom is 0.407 e. The minimum Gasteiger partial charge on any atom is -0.449 e. The first-order valence-corrected chi connectivity index (χ1v) is 16.2. The Bertz CT molecular complexity index is 1470. The first-order valence-electron chi connectivity index (χ1n) is 16.2. The summed E-state index contributed by atoms with van der Waals surface area (Å²) in [5.41, 5.74) is 5.41. The van der Waals surface area contributed by atoms with Crippen LogP contribution in [0.15, 0.2) is 78.9 Å². The molecule has 0 spiro atoms. The van der Waals surface area contributed by atoms with Crippen LogP contribution in [0.5, 0.6) is 0 Å². The Balaban J connectivity index is 1.05. The lowest BCUT2D eigenvalue weighted by Gasteiger charge is -2.20. The van der Waals surface area contributed by atoms with Gasteiger partial charge in [-0.2, -0.15) is 0 Å². The molecule has 1 aliphatic carbocycles. The Morgan fingerprint density at radius 1 is 0.804 bits per heavy atom. The predicted octanol–water partition coefficient (Wildman–Crippen LogP) is 4.39. The van der Waals surface area contributed by atoms with E-state index in [-0.39, 0.29) is 55.5 Å². The number of ether oxygens (including phenoxy) is 1. The fraction of sp³-hybridized carbons (Fsp3) is 0.389. The smallest absolute Gasteiger partial charge is 0.407 e. The van der Waals surface area contributed by atoms with E-state index in [2.05, 4.69) is 50.8 Å². The molecule has 242 valence electrons. The van der Waals surface area contributed by atoms with E-state index in [1.165, 1.54) is 0 Å². The normalized spacial score (nSPS) is 17.2. The summed E-state index contributed by atoms with van der Waals surface area (Å²) in [5.74, 6) is -0.510. The van der Waals surface area contributed by atoms with Gasteiger partial charge >= 0.3 is 12.1 Å². The summed E-state index contributed by atoms with van der Waals surface area (Å²) < 4.78 is 5.70. The molecule has 0 bridgehead atoms. The summed E-state index contributed by atoms with van der Waals surface area (Å²) >= 11 is 0. The lowest BCUT2D eigenvalue weighted by molar-refractivity contribution is -0.124. The van der Waals surface area contributed by atoms with Crippen LogP contribution in [0.3, 0.4) is 0 Å². The number of carbonyl (C=O) groups is 4. The molecule has 5 N–H and O–H groups in total. The third-order valence-electron chi connectivity index (χ3n) is 8.68. The molecule has 5 rings (SSSR count). The average molecular weight is 626 g/mol. The second-order valence-corrected chi connectivity index (χ2v) is 12.0. The van der Waals surface area contributed by atoms with Gasteiger partial charge in [0.15, 0.2) is 0 Å². The zero-order valence-electron chi connectivity index (χ0n) is 26.2. The molecule has 5 amide bonds. The minimum absolute atomic E-state index is 0.0731. The van der Waals surface area contributed by atoms with E-state index in [0.717, 1.165) is 53.5 Å². The third kappa shape index (κ3) is 8.65. The summed E-state index contributed by atoms with van der Waals surface area (Å²) in [6.45, 7) is 2.65. The van der Waals surface area contributed by atoms with Crippen molar-refractivity contribution < 1.29 is 23.9 Å². The Kier molecular flexibility index (Phi) is 11.3. The number of hydrogen-bond donors (Lipinski definition) is 5. The van der Waals surface area contributed by atoms with Gasteiger partial charge in [-0.1, -0.05) is 91.7 Å². The molecule has 2 aliphatic rings. The van der Waals surface area contributed by atoms with Gasteiger partial charge < -0.3 is 31.3 Å². The SMILES string of the molecule is C[C@H]1NC(=O)N[C@H]1CCCCCC(=O)NCCNC(=O)[C@H](Cc1ccccc1)NC(=O)OCC1c2ccccc2-c2ccccc21. The number of carbonyl (C=O) groups excluding carboxylic acids is 4. The maximum absolute atomic E-state index is 13.2. The van der Waals surface area contributed by atoms with Crippen molar-refractivity contribution in [3.05, 3.63) is 95.6 Å². The van der Waals surface area contributed by atoms with Gasteiger partial charge in [-0.05, 0) is 47.6 Å². The second-order valence-electron chi connectivity index (χ2n) is 12.0. The van der Waals surface area contributed by atoms with Gasteiger partial charge in [-0.3, -0.25) is 9.59 Å². The maximum atomic E-state index is 13.2. The number of urea groups is 1. The van der Waals surface area contributed by atoms with Gasteiger partial charge in [-0.25, -0.2) is 9.59 Å². The van der Waals surface area contributed by atoms with Crippen molar-refractivity contribution >= 4 is 23.9 Å². The van der Waals surface area contributed by atoms with Gasteiger partial charge in [0, 0.05) is 37.9 Å². The van der Waals surface area contributed by atoms with Crippen LogP contribution in [0.2, 0.25) is 0 Å². The van der Waals surface area contributed by atoms with E-state index in [9.17, 15) is 19.2 Å². The number of alkyl carbamates (subject to hydrolysis) is 1.